The fraction of sp³-hybridized carbons (Fsp3) is 0.500. The van der Waals surface area contributed by atoms with E-state index in [4.69, 9.17) is 14.2 Å². The van der Waals surface area contributed by atoms with Crippen LogP contribution in [0.5, 0.6) is 5.75 Å². The molecule has 3 aromatic rings. The Morgan fingerprint density at radius 2 is 2.00 bits per heavy atom. The van der Waals surface area contributed by atoms with Crippen LogP contribution in [0.1, 0.15) is 25.5 Å². The molecule has 4 heterocycles. The van der Waals surface area contributed by atoms with Crippen molar-refractivity contribution in [3.8, 4) is 17.0 Å². The third kappa shape index (κ3) is 4.78. The van der Waals surface area contributed by atoms with Gasteiger partial charge in [0, 0.05) is 49.6 Å². The Labute approximate surface area is 187 Å². The summed E-state index contributed by atoms with van der Waals surface area (Å²) >= 11 is 0. The lowest BCUT2D eigenvalue weighted by Gasteiger charge is -2.28. The summed E-state index contributed by atoms with van der Waals surface area (Å²) in [5.41, 5.74) is 2.91. The van der Waals surface area contributed by atoms with Gasteiger partial charge in [-0.25, -0.2) is 4.68 Å². The summed E-state index contributed by atoms with van der Waals surface area (Å²) in [7, 11) is 0. The molecule has 5 rings (SSSR count). The summed E-state index contributed by atoms with van der Waals surface area (Å²) in [6.07, 6.45) is 6.24. The van der Waals surface area contributed by atoms with E-state index in [-0.39, 0.29) is 12.8 Å². The Morgan fingerprint density at radius 3 is 2.84 bits per heavy atom. The highest BCUT2D eigenvalue weighted by Crippen LogP contribution is 2.32. The van der Waals surface area contributed by atoms with Gasteiger partial charge in [-0.05, 0) is 43.5 Å². The van der Waals surface area contributed by atoms with Crippen LogP contribution in [0.3, 0.4) is 0 Å². The molecule has 0 radical (unpaired) electrons. The Bertz CT molecular complexity index is 1030. The number of fused-ring (bicyclic) bond motifs is 1. The average Bonchev–Trinajstić information content (AvgIpc) is 3.34. The monoisotopic (exact) mass is 438 g/mol. The molecule has 8 nitrogen and oxygen atoms in total. The number of morpholine rings is 1. The minimum atomic E-state index is -0.555. The molecule has 0 amide bonds. The molecule has 2 aromatic heterocycles. The molecule has 0 aliphatic carbocycles. The molecule has 32 heavy (non-hydrogen) atoms. The second-order valence-electron chi connectivity index (χ2n) is 8.40. The highest BCUT2D eigenvalue weighted by Gasteiger charge is 2.20. The minimum Gasteiger partial charge on any atom is -0.490 e. The zero-order valence-electron chi connectivity index (χ0n) is 18.2. The molecule has 1 aromatic carbocycles. The lowest BCUT2D eigenvalue weighted by Crippen LogP contribution is -2.42. The van der Waals surface area contributed by atoms with Crippen molar-refractivity contribution in [3.05, 3.63) is 42.7 Å². The number of aliphatic hydroxyl groups is 1. The minimum absolute atomic E-state index is 0.0139. The Kier molecular flexibility index (Phi) is 6.64. The van der Waals surface area contributed by atoms with E-state index >= 15 is 0 Å². The molecule has 170 valence electrons. The Morgan fingerprint density at radius 1 is 1.09 bits per heavy atom. The van der Waals surface area contributed by atoms with E-state index in [2.05, 4.69) is 27.1 Å². The van der Waals surface area contributed by atoms with E-state index in [9.17, 15) is 5.11 Å². The summed E-state index contributed by atoms with van der Waals surface area (Å²) in [4.78, 5) is 6.75. The zero-order chi connectivity index (χ0) is 21.8. The molecule has 0 bridgehead atoms. The molecule has 0 saturated carbocycles. The lowest BCUT2D eigenvalue weighted by molar-refractivity contribution is -0.0383. The number of aromatic nitrogens is 3. The van der Waals surface area contributed by atoms with Crippen molar-refractivity contribution in [2.45, 2.75) is 31.6 Å². The van der Waals surface area contributed by atoms with Gasteiger partial charge in [0.1, 0.15) is 18.5 Å². The number of pyridine rings is 1. The first-order valence-corrected chi connectivity index (χ1v) is 11.4. The zero-order valence-corrected chi connectivity index (χ0v) is 18.2. The molecular weight excluding hydrogens is 408 g/mol. The van der Waals surface area contributed by atoms with Crippen LogP contribution in [0.25, 0.3) is 22.2 Å². The number of aliphatic hydroxyl groups excluding tert-OH is 1. The van der Waals surface area contributed by atoms with E-state index in [1.165, 1.54) is 0 Å². The number of hydrogen-bond acceptors (Lipinski definition) is 7. The van der Waals surface area contributed by atoms with Gasteiger partial charge in [-0.1, -0.05) is 6.07 Å². The topological polar surface area (TPSA) is 81.9 Å². The van der Waals surface area contributed by atoms with E-state index in [0.29, 0.717) is 6.54 Å². The standard InChI is InChI=1S/C24H30N4O4/c29-19(16-27-10-13-30-14-11-27)17-32-23-7-8-25-21-15-18(4-5-20(21)23)22-6-9-26-28(22)24-3-1-2-12-31-24/h4-9,15,19,24,29H,1-3,10-14,16-17H2. The third-order valence-corrected chi connectivity index (χ3v) is 6.10. The maximum Gasteiger partial charge on any atom is 0.150 e. The van der Waals surface area contributed by atoms with Crippen LogP contribution in [0.15, 0.2) is 42.7 Å². The van der Waals surface area contributed by atoms with Gasteiger partial charge >= 0.3 is 0 Å². The molecule has 2 aliphatic heterocycles. The van der Waals surface area contributed by atoms with Crippen LogP contribution in [0.4, 0.5) is 0 Å². The van der Waals surface area contributed by atoms with Crippen LogP contribution >= 0.6 is 0 Å². The second kappa shape index (κ2) is 9.95. The van der Waals surface area contributed by atoms with Gasteiger partial charge in [-0.3, -0.25) is 9.88 Å². The molecule has 2 fully saturated rings. The number of β-amino-alcohol motifs (C(OH)–C–C–N with tert-alkyl or cyclic N) is 1. The van der Waals surface area contributed by atoms with Crippen LogP contribution in [0, 0.1) is 0 Å². The maximum absolute atomic E-state index is 10.4. The van der Waals surface area contributed by atoms with Gasteiger partial charge < -0.3 is 19.3 Å². The van der Waals surface area contributed by atoms with Crippen molar-refractivity contribution in [1.29, 1.82) is 0 Å². The van der Waals surface area contributed by atoms with Crippen molar-refractivity contribution in [2.75, 3.05) is 46.1 Å². The number of nitrogens with zero attached hydrogens (tertiary/aromatic N) is 4. The van der Waals surface area contributed by atoms with Crippen molar-refractivity contribution >= 4 is 10.9 Å². The number of rotatable bonds is 7. The normalized spacial score (nSPS) is 21.0. The summed E-state index contributed by atoms with van der Waals surface area (Å²) in [5, 5.41) is 15.9. The van der Waals surface area contributed by atoms with Crippen LogP contribution < -0.4 is 4.74 Å². The first kappa shape index (κ1) is 21.3. The molecule has 2 atom stereocenters. The van der Waals surface area contributed by atoms with Gasteiger partial charge in [0.25, 0.3) is 0 Å². The van der Waals surface area contributed by atoms with Crippen LogP contribution in [-0.2, 0) is 9.47 Å². The molecule has 8 heteroatoms. The van der Waals surface area contributed by atoms with E-state index in [0.717, 1.165) is 80.1 Å². The van der Waals surface area contributed by atoms with Crippen molar-refractivity contribution in [3.63, 3.8) is 0 Å². The quantitative estimate of drug-likeness (QED) is 0.607. The molecule has 0 spiro atoms. The fourth-order valence-electron chi connectivity index (χ4n) is 4.42. The van der Waals surface area contributed by atoms with Crippen molar-refractivity contribution < 1.29 is 19.3 Å². The van der Waals surface area contributed by atoms with Gasteiger partial charge in [-0.2, -0.15) is 5.10 Å². The first-order valence-electron chi connectivity index (χ1n) is 11.4. The van der Waals surface area contributed by atoms with Crippen LogP contribution in [-0.4, -0.2) is 76.9 Å². The molecular formula is C24H30N4O4. The lowest BCUT2D eigenvalue weighted by atomic mass is 10.1. The largest absolute Gasteiger partial charge is 0.490 e. The van der Waals surface area contributed by atoms with E-state index in [1.807, 2.05) is 29.1 Å². The molecule has 2 saturated heterocycles. The molecule has 1 N–H and O–H groups in total. The summed E-state index contributed by atoms with van der Waals surface area (Å²) in [6, 6.07) is 10.0. The van der Waals surface area contributed by atoms with Gasteiger partial charge in [0.2, 0.25) is 0 Å². The highest BCUT2D eigenvalue weighted by molar-refractivity contribution is 5.88. The smallest absolute Gasteiger partial charge is 0.150 e. The predicted molar refractivity (Wildman–Crippen MR) is 121 cm³/mol. The number of hydrogen-bond donors (Lipinski definition) is 1. The second-order valence-corrected chi connectivity index (χ2v) is 8.40. The van der Waals surface area contributed by atoms with Crippen LogP contribution in [0.2, 0.25) is 0 Å². The summed E-state index contributed by atoms with van der Waals surface area (Å²) in [5.74, 6) is 0.728. The van der Waals surface area contributed by atoms with Gasteiger partial charge in [-0.15, -0.1) is 0 Å². The van der Waals surface area contributed by atoms with Gasteiger partial charge in [0.15, 0.2) is 6.23 Å². The van der Waals surface area contributed by atoms with E-state index in [1.54, 1.807) is 6.20 Å². The predicted octanol–water partition coefficient (Wildman–Crippen LogP) is 2.87. The SMILES string of the molecule is OC(COc1ccnc2cc(-c3ccnn3C3CCCCO3)ccc12)CN1CCOCC1. The summed E-state index contributed by atoms with van der Waals surface area (Å²) in [6.45, 7) is 4.74. The van der Waals surface area contributed by atoms with Crippen molar-refractivity contribution in [2.24, 2.45) is 0 Å². The highest BCUT2D eigenvalue weighted by atomic mass is 16.5. The number of benzene rings is 1. The number of ether oxygens (including phenoxy) is 3. The third-order valence-electron chi connectivity index (χ3n) is 6.10. The maximum atomic E-state index is 10.4. The Balaban J connectivity index is 1.30. The fourth-order valence-corrected chi connectivity index (χ4v) is 4.42. The Hall–Kier alpha value is -2.52. The summed E-state index contributed by atoms with van der Waals surface area (Å²) < 4.78 is 19.3. The molecule has 2 unspecified atom stereocenters. The van der Waals surface area contributed by atoms with Crippen molar-refractivity contribution in [1.82, 2.24) is 19.7 Å². The molecule has 2 aliphatic rings. The van der Waals surface area contributed by atoms with E-state index < -0.39 is 6.10 Å². The van der Waals surface area contributed by atoms with Gasteiger partial charge in [0.05, 0.1) is 24.4 Å². The average molecular weight is 439 g/mol. The first-order chi connectivity index (χ1) is 15.8.